The van der Waals surface area contributed by atoms with Crippen LogP contribution in [0, 0.1) is 0 Å². The number of methoxy groups -OCH3 is 1. The quantitative estimate of drug-likeness (QED) is 0.281. The largest absolute Gasteiger partial charge is 0.480 e. The summed E-state index contributed by atoms with van der Waals surface area (Å²) in [7, 11) is 1.34. The van der Waals surface area contributed by atoms with Crippen molar-refractivity contribution >= 4 is 46.2 Å². The van der Waals surface area contributed by atoms with E-state index in [0.29, 0.717) is 12.8 Å². The molecule has 2 aromatic carbocycles. The topological polar surface area (TPSA) is 147 Å². The number of fused-ring (bicyclic) bond motifs is 2. The molecule has 0 bridgehead atoms. The molecule has 0 fully saturated rings. The first kappa shape index (κ1) is 24.9. The van der Waals surface area contributed by atoms with Crippen LogP contribution in [-0.4, -0.2) is 46.2 Å². The van der Waals surface area contributed by atoms with E-state index in [9.17, 15) is 9.59 Å². The fraction of sp³-hybridized carbons (Fsp3) is 0.217. The minimum Gasteiger partial charge on any atom is -0.480 e. The number of benzene rings is 2. The highest BCUT2D eigenvalue weighted by atomic mass is 35.5. The highest BCUT2D eigenvalue weighted by Crippen LogP contribution is 2.19. The molecule has 0 spiro atoms. The van der Waals surface area contributed by atoms with Crippen molar-refractivity contribution in [3.63, 3.8) is 0 Å². The van der Waals surface area contributed by atoms with Gasteiger partial charge in [0.1, 0.15) is 12.1 Å². The molecule has 170 valence electrons. The predicted molar refractivity (Wildman–Crippen MR) is 127 cm³/mol. The van der Waals surface area contributed by atoms with E-state index in [1.54, 1.807) is 0 Å². The van der Waals surface area contributed by atoms with Gasteiger partial charge in [-0.25, -0.2) is 0 Å². The average Bonchev–Trinajstić information content (AvgIpc) is 3.38. The first-order valence-corrected chi connectivity index (χ1v) is 9.82. The molecule has 0 aliphatic carbocycles. The van der Waals surface area contributed by atoms with E-state index >= 15 is 0 Å². The van der Waals surface area contributed by atoms with Gasteiger partial charge in [0.05, 0.1) is 7.11 Å². The summed E-state index contributed by atoms with van der Waals surface area (Å²) in [6.45, 7) is 0. The number of carboxylic acid groups (broad SMARTS) is 1. The van der Waals surface area contributed by atoms with Gasteiger partial charge in [-0.15, -0.1) is 12.4 Å². The van der Waals surface area contributed by atoms with Crippen molar-refractivity contribution in [2.75, 3.05) is 7.11 Å². The Balaban J connectivity index is 0.000000220. The lowest BCUT2D eigenvalue weighted by molar-refractivity contribution is -0.142. The summed E-state index contributed by atoms with van der Waals surface area (Å²) < 4.78 is 4.60. The molecule has 0 aliphatic rings. The second-order valence-corrected chi connectivity index (χ2v) is 7.20. The number of nitrogens with two attached hydrogens (primary N) is 2. The summed E-state index contributed by atoms with van der Waals surface area (Å²) in [5.74, 6) is -1.36. The number of carbonyl (C=O) groups excluding carboxylic acids is 1. The molecule has 0 radical (unpaired) electrons. The third-order valence-electron chi connectivity index (χ3n) is 5.05. The Morgan fingerprint density at radius 1 is 0.875 bits per heavy atom. The van der Waals surface area contributed by atoms with Gasteiger partial charge in [0.25, 0.3) is 0 Å². The Bertz CT molecular complexity index is 1190. The number of para-hydroxylation sites is 2. The Hall–Kier alpha value is -3.33. The molecule has 32 heavy (non-hydrogen) atoms. The molecular weight excluding hydrogens is 432 g/mol. The van der Waals surface area contributed by atoms with Crippen molar-refractivity contribution < 1.29 is 19.4 Å². The van der Waals surface area contributed by atoms with Crippen LogP contribution in [0.15, 0.2) is 60.9 Å². The maximum atomic E-state index is 11.2. The van der Waals surface area contributed by atoms with Crippen molar-refractivity contribution in [1.82, 2.24) is 9.97 Å². The number of aliphatic carboxylic acids is 1. The Morgan fingerprint density at radius 3 is 1.75 bits per heavy atom. The van der Waals surface area contributed by atoms with Crippen molar-refractivity contribution in [2.24, 2.45) is 11.5 Å². The van der Waals surface area contributed by atoms with Crippen LogP contribution in [0.4, 0.5) is 0 Å². The number of ether oxygens (including phenoxy) is 1. The zero-order chi connectivity index (χ0) is 22.4. The van der Waals surface area contributed by atoms with Gasteiger partial charge in [0.15, 0.2) is 0 Å². The lowest BCUT2D eigenvalue weighted by Crippen LogP contribution is -2.33. The van der Waals surface area contributed by atoms with E-state index in [1.807, 2.05) is 60.9 Å². The van der Waals surface area contributed by atoms with Gasteiger partial charge < -0.3 is 31.3 Å². The van der Waals surface area contributed by atoms with Gasteiger partial charge in [-0.05, 0) is 23.3 Å². The van der Waals surface area contributed by atoms with Crippen LogP contribution in [-0.2, 0) is 27.2 Å². The van der Waals surface area contributed by atoms with Gasteiger partial charge in [-0.3, -0.25) is 9.59 Å². The van der Waals surface area contributed by atoms with Crippen LogP contribution in [0.5, 0.6) is 0 Å². The molecule has 4 aromatic rings. The number of H-pyrrole nitrogens is 2. The molecule has 2 heterocycles. The molecule has 8 nitrogen and oxygen atoms in total. The molecule has 0 unspecified atom stereocenters. The molecule has 2 atom stereocenters. The summed E-state index contributed by atoms with van der Waals surface area (Å²) in [4.78, 5) is 28.1. The molecule has 0 saturated carbocycles. The number of halogens is 1. The fourth-order valence-electron chi connectivity index (χ4n) is 3.40. The summed E-state index contributed by atoms with van der Waals surface area (Å²) in [6.07, 6.45) is 4.52. The number of esters is 1. The maximum Gasteiger partial charge on any atom is 0.322 e. The van der Waals surface area contributed by atoms with Gasteiger partial charge >= 0.3 is 11.9 Å². The number of nitrogens with one attached hydrogen (secondary N) is 2. The second-order valence-electron chi connectivity index (χ2n) is 7.20. The number of hydrogen-bond acceptors (Lipinski definition) is 5. The lowest BCUT2D eigenvalue weighted by atomic mass is 10.1. The van der Waals surface area contributed by atoms with Crippen LogP contribution in [0.1, 0.15) is 11.1 Å². The van der Waals surface area contributed by atoms with Crippen LogP contribution in [0.25, 0.3) is 21.8 Å². The van der Waals surface area contributed by atoms with E-state index in [2.05, 4.69) is 14.7 Å². The number of rotatable bonds is 6. The van der Waals surface area contributed by atoms with Crippen LogP contribution in [0.3, 0.4) is 0 Å². The van der Waals surface area contributed by atoms with Crippen LogP contribution >= 0.6 is 12.4 Å². The fourth-order valence-corrected chi connectivity index (χ4v) is 3.40. The molecule has 2 aromatic heterocycles. The number of hydrogen-bond donors (Lipinski definition) is 5. The zero-order valence-electron chi connectivity index (χ0n) is 17.6. The molecule has 4 rings (SSSR count). The van der Waals surface area contributed by atoms with Crippen molar-refractivity contribution in [1.29, 1.82) is 0 Å². The average molecular weight is 459 g/mol. The van der Waals surface area contributed by atoms with E-state index in [0.717, 1.165) is 32.9 Å². The minimum atomic E-state index is -0.972. The monoisotopic (exact) mass is 458 g/mol. The highest BCUT2D eigenvalue weighted by molar-refractivity contribution is 5.86. The number of carbonyl (C=O) groups is 2. The van der Waals surface area contributed by atoms with Gasteiger partial charge in [0.2, 0.25) is 0 Å². The molecular formula is C23H27ClN4O4. The lowest BCUT2D eigenvalue weighted by Gasteiger charge is -2.07. The predicted octanol–water partition coefficient (Wildman–Crippen LogP) is 2.75. The SMILES string of the molecule is COC(=O)[C@H](N)Cc1c[nH]c2ccccc12.Cl.N[C@H](Cc1c[nH]c2ccccc12)C(=O)O. The first-order chi connectivity index (χ1) is 14.9. The Morgan fingerprint density at radius 2 is 1.31 bits per heavy atom. The molecule has 9 heteroatoms. The third kappa shape index (κ3) is 5.88. The number of aromatic nitrogens is 2. The van der Waals surface area contributed by atoms with Crippen molar-refractivity contribution in [2.45, 2.75) is 24.9 Å². The first-order valence-electron chi connectivity index (χ1n) is 9.82. The zero-order valence-corrected chi connectivity index (χ0v) is 18.4. The summed E-state index contributed by atoms with van der Waals surface area (Å²) in [6, 6.07) is 14.2. The van der Waals surface area contributed by atoms with Crippen LogP contribution < -0.4 is 11.5 Å². The van der Waals surface area contributed by atoms with E-state index < -0.39 is 18.1 Å². The van der Waals surface area contributed by atoms with Crippen molar-refractivity contribution in [3.05, 3.63) is 72.1 Å². The normalized spacial score (nSPS) is 12.3. The van der Waals surface area contributed by atoms with E-state index in [1.165, 1.54) is 7.11 Å². The molecule has 0 amide bonds. The van der Waals surface area contributed by atoms with Crippen molar-refractivity contribution in [3.8, 4) is 0 Å². The van der Waals surface area contributed by atoms with E-state index in [4.69, 9.17) is 16.6 Å². The smallest absolute Gasteiger partial charge is 0.322 e. The number of aromatic amines is 2. The molecule has 0 saturated heterocycles. The summed E-state index contributed by atoms with van der Waals surface area (Å²) >= 11 is 0. The minimum absolute atomic E-state index is 0. The van der Waals surface area contributed by atoms with Gasteiger partial charge in [-0.1, -0.05) is 36.4 Å². The van der Waals surface area contributed by atoms with Crippen LogP contribution in [0.2, 0.25) is 0 Å². The second kappa shape index (κ2) is 11.3. The summed E-state index contributed by atoms with van der Waals surface area (Å²) in [5.41, 5.74) is 15.2. The maximum absolute atomic E-state index is 11.2. The summed E-state index contributed by atoms with van der Waals surface area (Å²) in [5, 5.41) is 10.9. The molecule has 7 N–H and O–H groups in total. The number of carboxylic acids is 1. The Labute approximate surface area is 191 Å². The van der Waals surface area contributed by atoms with Gasteiger partial charge in [-0.2, -0.15) is 0 Å². The highest BCUT2D eigenvalue weighted by Gasteiger charge is 2.16. The van der Waals surface area contributed by atoms with Gasteiger partial charge in [0, 0.05) is 47.0 Å². The van der Waals surface area contributed by atoms with E-state index in [-0.39, 0.29) is 18.4 Å². The Kier molecular flexibility index (Phi) is 8.83. The molecule has 0 aliphatic heterocycles. The standard InChI is InChI=1S/C12H14N2O2.C11H12N2O2.ClH/c1-16-12(15)10(13)6-8-7-14-11-5-3-2-4-9(8)11;12-9(11(14)15)5-7-6-13-10-4-2-1-3-8(7)10;/h2-5,7,10,14H,6,13H2,1H3;1-4,6,9,13H,5,12H2,(H,14,15);1H/t10-;9-;/m11./s1. The third-order valence-corrected chi connectivity index (χ3v) is 5.05.